The van der Waals surface area contributed by atoms with Gasteiger partial charge in [0.25, 0.3) is 5.56 Å². The summed E-state index contributed by atoms with van der Waals surface area (Å²) in [5.41, 5.74) is 2.72. The molecule has 1 aliphatic rings. The van der Waals surface area contributed by atoms with Gasteiger partial charge >= 0.3 is 5.69 Å². The van der Waals surface area contributed by atoms with E-state index < -0.39 is 0 Å². The third kappa shape index (κ3) is 2.58. The largest absolute Gasteiger partial charge is 0.332 e. The van der Waals surface area contributed by atoms with E-state index >= 15 is 0 Å². The zero-order valence-corrected chi connectivity index (χ0v) is 16.8. The molecule has 0 bridgehead atoms. The van der Waals surface area contributed by atoms with Gasteiger partial charge in [-0.15, -0.1) is 0 Å². The monoisotopic (exact) mass is 371 g/mol. The lowest BCUT2D eigenvalue weighted by molar-refractivity contribution is 0.355. The molecular formula is C20H29N5O2. The van der Waals surface area contributed by atoms with Gasteiger partial charge < -0.3 is 4.57 Å². The number of rotatable bonds is 4. The molecule has 3 aromatic rings. The predicted octanol–water partition coefficient (Wildman–Crippen LogP) is 3.07. The molecule has 0 aromatic carbocycles. The molecular weight excluding hydrogens is 342 g/mol. The highest BCUT2D eigenvalue weighted by molar-refractivity contribution is 5.76. The van der Waals surface area contributed by atoms with Gasteiger partial charge in [-0.1, -0.05) is 32.6 Å². The minimum Gasteiger partial charge on any atom is -0.311 e. The zero-order valence-electron chi connectivity index (χ0n) is 16.8. The van der Waals surface area contributed by atoms with Crippen molar-refractivity contribution < 1.29 is 0 Å². The molecule has 3 aromatic heterocycles. The summed E-state index contributed by atoms with van der Waals surface area (Å²) >= 11 is 0. The van der Waals surface area contributed by atoms with E-state index in [1.54, 1.807) is 7.05 Å². The second-order valence-corrected chi connectivity index (χ2v) is 7.90. The fourth-order valence-corrected chi connectivity index (χ4v) is 4.56. The fourth-order valence-electron chi connectivity index (χ4n) is 4.56. The standard InChI is InChI=1S/C20H29N5O2/c1-5-6-12-23-18(26)16-17(22(4)20(23)27)21-19-24(13(2)14(3)25(16)19)15-10-8-7-9-11-15/h15H,5-12H2,1-4H3. The van der Waals surface area contributed by atoms with Crippen LogP contribution in [0, 0.1) is 13.8 Å². The molecule has 0 spiro atoms. The number of hydrogen-bond acceptors (Lipinski definition) is 3. The molecule has 0 amide bonds. The van der Waals surface area contributed by atoms with Crippen molar-refractivity contribution in [1.82, 2.24) is 23.1 Å². The van der Waals surface area contributed by atoms with Crippen LogP contribution >= 0.6 is 0 Å². The van der Waals surface area contributed by atoms with Crippen LogP contribution in [0.25, 0.3) is 16.9 Å². The second-order valence-electron chi connectivity index (χ2n) is 7.90. The Balaban J connectivity index is 2.06. The maximum Gasteiger partial charge on any atom is 0.332 e. The van der Waals surface area contributed by atoms with Gasteiger partial charge in [-0.2, -0.15) is 4.98 Å². The minimum atomic E-state index is -0.278. The number of aromatic nitrogens is 5. The van der Waals surface area contributed by atoms with E-state index in [2.05, 4.69) is 18.4 Å². The van der Waals surface area contributed by atoms with Crippen LogP contribution < -0.4 is 11.2 Å². The molecule has 1 aliphatic carbocycles. The number of imidazole rings is 2. The summed E-state index contributed by atoms with van der Waals surface area (Å²) in [6.45, 7) is 6.67. The van der Waals surface area contributed by atoms with Crippen molar-refractivity contribution in [3.63, 3.8) is 0 Å². The average Bonchev–Trinajstić information content (AvgIpc) is 3.17. The minimum absolute atomic E-state index is 0.224. The van der Waals surface area contributed by atoms with Crippen molar-refractivity contribution in [1.29, 1.82) is 0 Å². The van der Waals surface area contributed by atoms with Crippen LogP contribution in [0.1, 0.15) is 69.3 Å². The number of nitrogens with zero attached hydrogens (tertiary/aromatic N) is 5. The Morgan fingerprint density at radius 1 is 1.07 bits per heavy atom. The van der Waals surface area contributed by atoms with Crippen LogP contribution in [0.3, 0.4) is 0 Å². The highest BCUT2D eigenvalue weighted by Crippen LogP contribution is 2.33. The molecule has 27 heavy (non-hydrogen) atoms. The van der Waals surface area contributed by atoms with E-state index in [0.717, 1.165) is 37.2 Å². The summed E-state index contributed by atoms with van der Waals surface area (Å²) in [6, 6.07) is 0.422. The van der Waals surface area contributed by atoms with E-state index in [-0.39, 0.29) is 11.2 Å². The van der Waals surface area contributed by atoms with E-state index in [1.807, 2.05) is 11.3 Å². The van der Waals surface area contributed by atoms with E-state index in [1.165, 1.54) is 34.1 Å². The lowest BCUT2D eigenvalue weighted by Crippen LogP contribution is -2.39. The Hall–Kier alpha value is -2.31. The summed E-state index contributed by atoms with van der Waals surface area (Å²) in [7, 11) is 1.71. The Bertz CT molecular complexity index is 1120. The van der Waals surface area contributed by atoms with Gasteiger partial charge in [-0.05, 0) is 33.1 Å². The summed E-state index contributed by atoms with van der Waals surface area (Å²) in [5, 5.41) is 0. The third-order valence-electron chi connectivity index (χ3n) is 6.24. The van der Waals surface area contributed by atoms with Crippen LogP contribution in [0.5, 0.6) is 0 Å². The topological polar surface area (TPSA) is 66.2 Å². The van der Waals surface area contributed by atoms with Crippen LogP contribution in [0.4, 0.5) is 0 Å². The van der Waals surface area contributed by atoms with E-state index in [0.29, 0.717) is 23.8 Å². The summed E-state index contributed by atoms with van der Waals surface area (Å²) in [6.07, 6.45) is 7.79. The number of unbranched alkanes of at least 4 members (excludes halogenated alkanes) is 1. The van der Waals surface area contributed by atoms with Gasteiger partial charge in [0.1, 0.15) is 0 Å². The van der Waals surface area contributed by atoms with Crippen LogP contribution in [0.2, 0.25) is 0 Å². The molecule has 3 heterocycles. The molecule has 0 aliphatic heterocycles. The van der Waals surface area contributed by atoms with Gasteiger partial charge in [0.2, 0.25) is 5.78 Å². The molecule has 7 nitrogen and oxygen atoms in total. The molecule has 1 fully saturated rings. The molecule has 4 rings (SSSR count). The van der Waals surface area contributed by atoms with Gasteiger partial charge in [0, 0.05) is 31.0 Å². The molecule has 1 saturated carbocycles. The summed E-state index contributed by atoms with van der Waals surface area (Å²) in [5.74, 6) is 0.798. The van der Waals surface area contributed by atoms with Crippen molar-refractivity contribution in [2.24, 2.45) is 7.05 Å². The molecule has 0 unspecified atom stereocenters. The predicted molar refractivity (Wildman–Crippen MR) is 107 cm³/mol. The zero-order chi connectivity index (χ0) is 19.3. The Morgan fingerprint density at radius 2 is 1.78 bits per heavy atom. The van der Waals surface area contributed by atoms with Gasteiger partial charge in [0.15, 0.2) is 11.2 Å². The Morgan fingerprint density at radius 3 is 2.44 bits per heavy atom. The molecule has 7 heteroatoms. The SMILES string of the molecule is CCCCn1c(=O)c2c(nc3n(C4CCCCC4)c(C)c(C)n23)n(C)c1=O. The summed E-state index contributed by atoms with van der Waals surface area (Å²) < 4.78 is 7.17. The van der Waals surface area contributed by atoms with Gasteiger partial charge in [0.05, 0.1) is 0 Å². The average molecular weight is 371 g/mol. The van der Waals surface area contributed by atoms with Crippen LogP contribution in [0.15, 0.2) is 9.59 Å². The molecule has 0 atom stereocenters. The molecule has 0 saturated heterocycles. The van der Waals surface area contributed by atoms with Gasteiger partial charge in [-0.3, -0.25) is 18.3 Å². The van der Waals surface area contributed by atoms with Crippen molar-refractivity contribution in [3.8, 4) is 0 Å². The van der Waals surface area contributed by atoms with Crippen molar-refractivity contribution in [2.45, 2.75) is 78.3 Å². The summed E-state index contributed by atoms with van der Waals surface area (Å²) in [4.78, 5) is 30.7. The first-order chi connectivity index (χ1) is 13.0. The highest BCUT2D eigenvalue weighted by Gasteiger charge is 2.26. The fraction of sp³-hybridized carbons (Fsp3) is 0.650. The quantitative estimate of drug-likeness (QED) is 0.708. The normalized spacial score (nSPS) is 16.0. The number of hydrogen-bond donors (Lipinski definition) is 0. The molecule has 0 radical (unpaired) electrons. The lowest BCUT2D eigenvalue weighted by atomic mass is 9.95. The van der Waals surface area contributed by atoms with Crippen LogP contribution in [-0.2, 0) is 13.6 Å². The van der Waals surface area contributed by atoms with Gasteiger partial charge in [-0.25, -0.2) is 4.79 Å². The third-order valence-corrected chi connectivity index (χ3v) is 6.24. The van der Waals surface area contributed by atoms with E-state index in [9.17, 15) is 9.59 Å². The van der Waals surface area contributed by atoms with Crippen molar-refractivity contribution in [2.75, 3.05) is 0 Å². The highest BCUT2D eigenvalue weighted by atomic mass is 16.2. The van der Waals surface area contributed by atoms with Crippen molar-refractivity contribution >= 4 is 16.9 Å². The first kappa shape index (κ1) is 18.1. The molecule has 0 N–H and O–H groups in total. The maximum atomic E-state index is 13.2. The maximum absolute atomic E-state index is 13.2. The Kier molecular flexibility index (Phi) is 4.48. The lowest BCUT2D eigenvalue weighted by Gasteiger charge is -2.24. The smallest absolute Gasteiger partial charge is 0.311 e. The first-order valence-electron chi connectivity index (χ1n) is 10.2. The number of aryl methyl sites for hydroxylation is 2. The number of fused-ring (bicyclic) bond motifs is 3. The van der Waals surface area contributed by atoms with Crippen LogP contribution in [-0.4, -0.2) is 23.1 Å². The van der Waals surface area contributed by atoms with E-state index in [4.69, 9.17) is 4.98 Å². The Labute approximate surface area is 158 Å². The van der Waals surface area contributed by atoms with Crippen molar-refractivity contribution in [3.05, 3.63) is 32.2 Å². The second kappa shape index (κ2) is 6.69. The first-order valence-corrected chi connectivity index (χ1v) is 10.2. The molecule has 146 valence electrons.